The maximum atomic E-state index is 6.44. The average molecular weight is 552 g/mol. The fraction of sp³-hybridized carbons (Fsp3) is 0. The van der Waals surface area contributed by atoms with Gasteiger partial charge in [0.2, 0.25) is 0 Å². The van der Waals surface area contributed by atoms with Gasteiger partial charge in [-0.25, -0.2) is 0 Å². The van der Waals surface area contributed by atoms with Crippen LogP contribution in [0.5, 0.6) is 0 Å². The second-order valence-electron chi connectivity index (χ2n) is 10.9. The van der Waals surface area contributed by atoms with Gasteiger partial charge in [0.05, 0.1) is 11.1 Å². The maximum absolute atomic E-state index is 6.44. The smallest absolute Gasteiger partial charge is 0.147 e. The van der Waals surface area contributed by atoms with E-state index in [1.54, 1.807) is 0 Å². The molecule has 43 heavy (non-hydrogen) atoms. The maximum Gasteiger partial charge on any atom is 0.147 e. The summed E-state index contributed by atoms with van der Waals surface area (Å²) in [5, 5.41) is 6.74. The van der Waals surface area contributed by atoms with Crippen molar-refractivity contribution in [3.05, 3.63) is 152 Å². The Kier molecular flexibility index (Phi) is 5.20. The summed E-state index contributed by atoms with van der Waals surface area (Å²) in [6.45, 7) is 0. The molecular weight excluding hydrogens is 526 g/mol. The molecule has 2 aromatic heterocycles. The number of fused-ring (bicyclic) bond motifs is 8. The Morgan fingerprint density at radius 1 is 0.395 bits per heavy atom. The molecule has 3 nitrogen and oxygen atoms in total. The average Bonchev–Trinajstić information content (AvgIpc) is 3.64. The number of anilines is 3. The highest BCUT2D eigenvalue weighted by Gasteiger charge is 2.20. The van der Waals surface area contributed by atoms with Gasteiger partial charge in [-0.15, -0.1) is 0 Å². The van der Waals surface area contributed by atoms with E-state index in [1.807, 2.05) is 18.2 Å². The molecule has 7 aromatic carbocycles. The van der Waals surface area contributed by atoms with Gasteiger partial charge in [-0.3, -0.25) is 0 Å². The van der Waals surface area contributed by atoms with Crippen LogP contribution in [0.25, 0.3) is 65.8 Å². The topological polar surface area (TPSA) is 29.5 Å². The molecule has 0 amide bonds. The van der Waals surface area contributed by atoms with Gasteiger partial charge in [-0.05, 0) is 71.1 Å². The summed E-state index contributed by atoms with van der Waals surface area (Å²) in [7, 11) is 0. The predicted molar refractivity (Wildman–Crippen MR) is 179 cm³/mol. The quantitative estimate of drug-likeness (QED) is 0.218. The molecule has 9 aromatic rings. The molecule has 3 heteroatoms. The molecule has 0 N–H and O–H groups in total. The van der Waals surface area contributed by atoms with Crippen molar-refractivity contribution in [2.45, 2.75) is 0 Å². The van der Waals surface area contributed by atoms with E-state index in [0.29, 0.717) is 0 Å². The van der Waals surface area contributed by atoms with Gasteiger partial charge in [0.25, 0.3) is 0 Å². The molecule has 2 heterocycles. The first-order chi connectivity index (χ1) is 21.3. The number of furan rings is 2. The number of rotatable bonds is 4. The Hall–Kier alpha value is -5.80. The van der Waals surface area contributed by atoms with Gasteiger partial charge in [-0.2, -0.15) is 0 Å². The van der Waals surface area contributed by atoms with Crippen molar-refractivity contribution in [1.82, 2.24) is 0 Å². The van der Waals surface area contributed by atoms with Gasteiger partial charge in [-0.1, -0.05) is 97.1 Å². The molecule has 9 rings (SSSR count). The second-order valence-corrected chi connectivity index (χ2v) is 10.9. The van der Waals surface area contributed by atoms with Crippen molar-refractivity contribution < 1.29 is 8.83 Å². The zero-order valence-electron chi connectivity index (χ0n) is 23.2. The highest BCUT2D eigenvalue weighted by Crippen LogP contribution is 2.44. The van der Waals surface area contributed by atoms with Crippen molar-refractivity contribution in [3.8, 4) is 11.1 Å². The summed E-state index contributed by atoms with van der Waals surface area (Å²) in [5.74, 6) is 0. The third-order valence-electron chi connectivity index (χ3n) is 8.46. The largest absolute Gasteiger partial charge is 0.456 e. The zero-order valence-corrected chi connectivity index (χ0v) is 23.2. The van der Waals surface area contributed by atoms with E-state index < -0.39 is 0 Å². The normalized spacial score (nSPS) is 11.7. The van der Waals surface area contributed by atoms with Gasteiger partial charge in [0.15, 0.2) is 0 Å². The molecular formula is C40H25NO2. The van der Waals surface area contributed by atoms with Gasteiger partial charge in [0, 0.05) is 32.9 Å². The number of nitrogens with zero attached hydrogens (tertiary/aromatic N) is 1. The summed E-state index contributed by atoms with van der Waals surface area (Å²) >= 11 is 0. The van der Waals surface area contributed by atoms with Crippen LogP contribution in [0, 0.1) is 0 Å². The van der Waals surface area contributed by atoms with E-state index in [2.05, 4.69) is 138 Å². The SMILES string of the molecule is c1ccc(N(c2ccc(-c3cccc4oc5ccc6c7ccccc7oc6c5c34)cc2)c2cccc3ccccc23)cc1. The van der Waals surface area contributed by atoms with Crippen LogP contribution in [-0.2, 0) is 0 Å². The summed E-state index contributed by atoms with van der Waals surface area (Å²) in [5.41, 5.74) is 9.03. The molecule has 0 atom stereocenters. The van der Waals surface area contributed by atoms with Crippen LogP contribution < -0.4 is 4.90 Å². The molecule has 0 saturated heterocycles. The summed E-state index contributed by atoms with van der Waals surface area (Å²) in [4.78, 5) is 2.33. The number of benzene rings is 7. The van der Waals surface area contributed by atoms with E-state index in [-0.39, 0.29) is 0 Å². The van der Waals surface area contributed by atoms with Crippen LogP contribution in [0.1, 0.15) is 0 Å². The Labute approximate surface area is 247 Å². The molecule has 0 spiro atoms. The first kappa shape index (κ1) is 23.9. The minimum absolute atomic E-state index is 0.830. The minimum atomic E-state index is 0.830. The Balaban J connectivity index is 1.23. The summed E-state index contributed by atoms with van der Waals surface area (Å²) in [6.07, 6.45) is 0. The van der Waals surface area contributed by atoms with Crippen molar-refractivity contribution >= 4 is 71.7 Å². The van der Waals surface area contributed by atoms with Gasteiger partial charge in [0.1, 0.15) is 22.3 Å². The Morgan fingerprint density at radius 3 is 1.95 bits per heavy atom. The first-order valence-electron chi connectivity index (χ1n) is 14.5. The number of hydrogen-bond donors (Lipinski definition) is 0. The highest BCUT2D eigenvalue weighted by molar-refractivity contribution is 6.24. The van der Waals surface area contributed by atoms with E-state index in [0.717, 1.165) is 72.1 Å². The molecule has 0 radical (unpaired) electrons. The van der Waals surface area contributed by atoms with Gasteiger partial charge < -0.3 is 13.7 Å². The monoisotopic (exact) mass is 551 g/mol. The standard InChI is InChI=1S/C40H25NO2/c1-2-12-28(13-3-1)41(34-17-8-11-26-10-4-5-14-30(26)34)29-22-20-27(21-23-29)31-16-9-19-36-38(31)39-37(42-36)25-24-33-32-15-6-7-18-35(32)43-40(33)39/h1-25H. The molecule has 0 saturated carbocycles. The van der Waals surface area contributed by atoms with Crippen molar-refractivity contribution in [2.75, 3.05) is 4.90 Å². The second kappa shape index (κ2) is 9.37. The first-order valence-corrected chi connectivity index (χ1v) is 14.5. The lowest BCUT2D eigenvalue weighted by molar-refractivity contribution is 0.663. The Morgan fingerprint density at radius 2 is 1.07 bits per heavy atom. The number of hydrogen-bond acceptors (Lipinski definition) is 3. The van der Waals surface area contributed by atoms with Crippen LogP contribution in [0.3, 0.4) is 0 Å². The molecule has 0 unspecified atom stereocenters. The minimum Gasteiger partial charge on any atom is -0.456 e. The van der Waals surface area contributed by atoms with Crippen LogP contribution in [0.2, 0.25) is 0 Å². The third-order valence-corrected chi connectivity index (χ3v) is 8.46. The van der Waals surface area contributed by atoms with Crippen LogP contribution in [0.4, 0.5) is 17.1 Å². The summed E-state index contributed by atoms with van der Waals surface area (Å²) in [6, 6.07) is 53.1. The van der Waals surface area contributed by atoms with Crippen molar-refractivity contribution in [3.63, 3.8) is 0 Å². The van der Waals surface area contributed by atoms with Crippen LogP contribution >= 0.6 is 0 Å². The molecule has 0 aliphatic heterocycles. The van der Waals surface area contributed by atoms with E-state index in [4.69, 9.17) is 8.83 Å². The van der Waals surface area contributed by atoms with Crippen molar-refractivity contribution in [2.24, 2.45) is 0 Å². The lowest BCUT2D eigenvalue weighted by atomic mass is 9.98. The molecule has 202 valence electrons. The molecule has 0 aliphatic rings. The molecule has 0 aliphatic carbocycles. The van der Waals surface area contributed by atoms with Crippen molar-refractivity contribution in [1.29, 1.82) is 0 Å². The lowest BCUT2D eigenvalue weighted by Gasteiger charge is -2.27. The molecule has 0 fully saturated rings. The highest BCUT2D eigenvalue weighted by atomic mass is 16.3. The fourth-order valence-electron chi connectivity index (χ4n) is 6.52. The zero-order chi connectivity index (χ0) is 28.3. The van der Waals surface area contributed by atoms with Gasteiger partial charge >= 0.3 is 0 Å². The van der Waals surface area contributed by atoms with Crippen LogP contribution in [-0.4, -0.2) is 0 Å². The van der Waals surface area contributed by atoms with E-state index >= 15 is 0 Å². The van der Waals surface area contributed by atoms with Crippen LogP contribution in [0.15, 0.2) is 160 Å². The molecule has 0 bridgehead atoms. The third kappa shape index (κ3) is 3.68. The fourth-order valence-corrected chi connectivity index (χ4v) is 6.52. The van der Waals surface area contributed by atoms with E-state index in [1.165, 1.54) is 10.8 Å². The predicted octanol–water partition coefficient (Wildman–Crippen LogP) is 11.8. The summed E-state index contributed by atoms with van der Waals surface area (Å²) < 4.78 is 12.8. The number of para-hydroxylation sites is 2. The Bertz CT molecular complexity index is 2440. The lowest BCUT2D eigenvalue weighted by Crippen LogP contribution is -2.10. The van der Waals surface area contributed by atoms with E-state index in [9.17, 15) is 0 Å².